The molecule has 0 amide bonds. The van der Waals surface area contributed by atoms with E-state index in [1.165, 1.54) is 11.3 Å². The molecule has 25 heavy (non-hydrogen) atoms. The monoisotopic (exact) mass is 339 g/mol. The second kappa shape index (κ2) is 6.68. The lowest BCUT2D eigenvalue weighted by atomic mass is 10.1. The molecule has 0 aliphatic heterocycles. The first-order valence-corrected chi connectivity index (χ1v) is 8.70. The standard InChI is InChI=1S/C21H13N3S/c22-13-17(12-16-10-11-23-19-9-5-4-8-18(16)19)21-24-20(14-25-21)15-6-2-1-3-7-15/h1-12,14H/b17-12+. The van der Waals surface area contributed by atoms with Crippen molar-refractivity contribution in [3.8, 4) is 17.3 Å². The average Bonchev–Trinajstić information content (AvgIpc) is 3.17. The Kier molecular flexibility index (Phi) is 4.07. The summed E-state index contributed by atoms with van der Waals surface area (Å²) in [6.07, 6.45) is 3.65. The maximum atomic E-state index is 9.63. The fourth-order valence-corrected chi connectivity index (χ4v) is 3.47. The number of fused-ring (bicyclic) bond motifs is 1. The zero-order valence-corrected chi connectivity index (χ0v) is 14.1. The van der Waals surface area contributed by atoms with E-state index in [0.29, 0.717) is 5.57 Å². The number of rotatable bonds is 3. The van der Waals surface area contributed by atoms with Crippen LogP contribution >= 0.6 is 11.3 Å². The van der Waals surface area contributed by atoms with Gasteiger partial charge >= 0.3 is 0 Å². The van der Waals surface area contributed by atoms with Gasteiger partial charge in [0.1, 0.15) is 11.1 Å². The van der Waals surface area contributed by atoms with Gasteiger partial charge in [-0.1, -0.05) is 48.5 Å². The summed E-state index contributed by atoms with van der Waals surface area (Å²) < 4.78 is 0. The molecular weight excluding hydrogens is 326 g/mol. The molecule has 0 bridgehead atoms. The second-order valence-electron chi connectivity index (χ2n) is 5.49. The Morgan fingerprint density at radius 3 is 2.64 bits per heavy atom. The van der Waals surface area contributed by atoms with Crippen LogP contribution < -0.4 is 0 Å². The normalized spacial score (nSPS) is 11.4. The van der Waals surface area contributed by atoms with Gasteiger partial charge in [-0.25, -0.2) is 4.98 Å². The summed E-state index contributed by atoms with van der Waals surface area (Å²) in [6.45, 7) is 0. The summed E-state index contributed by atoms with van der Waals surface area (Å²) in [6, 6.07) is 22.1. The number of hydrogen-bond donors (Lipinski definition) is 0. The van der Waals surface area contributed by atoms with Gasteiger partial charge in [-0.3, -0.25) is 4.98 Å². The summed E-state index contributed by atoms with van der Waals surface area (Å²) in [4.78, 5) is 9.01. The average molecular weight is 339 g/mol. The molecule has 0 spiro atoms. The Balaban J connectivity index is 1.77. The SMILES string of the molecule is N#C/C(=C\c1ccnc2ccccc12)c1nc(-c2ccccc2)cs1. The fourth-order valence-electron chi connectivity index (χ4n) is 2.68. The lowest BCUT2D eigenvalue weighted by Crippen LogP contribution is -1.85. The quantitative estimate of drug-likeness (QED) is 0.468. The molecule has 4 heteroatoms. The zero-order valence-electron chi connectivity index (χ0n) is 13.3. The highest BCUT2D eigenvalue weighted by molar-refractivity contribution is 7.11. The van der Waals surface area contributed by atoms with Crippen LogP contribution in [0.15, 0.2) is 72.2 Å². The van der Waals surface area contributed by atoms with E-state index in [9.17, 15) is 5.26 Å². The Morgan fingerprint density at radius 2 is 1.80 bits per heavy atom. The van der Waals surface area contributed by atoms with Crippen molar-refractivity contribution in [2.24, 2.45) is 0 Å². The molecule has 0 aliphatic rings. The third kappa shape index (κ3) is 3.06. The molecule has 2 aromatic heterocycles. The van der Waals surface area contributed by atoms with Crippen LogP contribution in [0.5, 0.6) is 0 Å². The van der Waals surface area contributed by atoms with Crippen LogP contribution in [0.25, 0.3) is 33.8 Å². The number of allylic oxidation sites excluding steroid dienone is 1. The van der Waals surface area contributed by atoms with E-state index in [2.05, 4.69) is 16.0 Å². The topological polar surface area (TPSA) is 49.6 Å². The van der Waals surface area contributed by atoms with Crippen LogP contribution in [0, 0.1) is 11.3 Å². The minimum atomic E-state index is 0.559. The van der Waals surface area contributed by atoms with Crippen LogP contribution in [-0.4, -0.2) is 9.97 Å². The highest BCUT2D eigenvalue weighted by Gasteiger charge is 2.10. The number of hydrogen-bond acceptors (Lipinski definition) is 4. The summed E-state index contributed by atoms with van der Waals surface area (Å²) in [5, 5.41) is 13.4. The summed E-state index contributed by atoms with van der Waals surface area (Å²) in [5.74, 6) is 0. The minimum absolute atomic E-state index is 0.559. The van der Waals surface area contributed by atoms with Crippen molar-refractivity contribution in [2.75, 3.05) is 0 Å². The predicted octanol–water partition coefficient (Wildman–Crippen LogP) is 5.42. The molecule has 2 heterocycles. The molecule has 0 fully saturated rings. The Morgan fingerprint density at radius 1 is 1.00 bits per heavy atom. The van der Waals surface area contributed by atoms with Crippen molar-refractivity contribution in [2.45, 2.75) is 0 Å². The second-order valence-corrected chi connectivity index (χ2v) is 6.35. The number of benzene rings is 2. The Labute approximate surface area is 149 Å². The number of para-hydroxylation sites is 1. The van der Waals surface area contributed by atoms with Gasteiger partial charge in [0.05, 0.1) is 16.8 Å². The summed E-state index contributed by atoms with van der Waals surface area (Å²) >= 11 is 1.48. The van der Waals surface area contributed by atoms with E-state index in [1.807, 2.05) is 72.1 Å². The first-order valence-electron chi connectivity index (χ1n) is 7.82. The molecule has 0 saturated carbocycles. The zero-order chi connectivity index (χ0) is 17.1. The van der Waals surface area contributed by atoms with Gasteiger partial charge in [-0.05, 0) is 23.8 Å². The van der Waals surface area contributed by atoms with Crippen LogP contribution in [0.1, 0.15) is 10.6 Å². The van der Waals surface area contributed by atoms with Crippen LogP contribution in [0.3, 0.4) is 0 Å². The fraction of sp³-hybridized carbons (Fsp3) is 0. The molecule has 2 aromatic carbocycles. The molecule has 0 aliphatic carbocycles. The van der Waals surface area contributed by atoms with E-state index in [4.69, 9.17) is 0 Å². The maximum Gasteiger partial charge on any atom is 0.134 e. The van der Waals surface area contributed by atoms with Crippen molar-refractivity contribution in [3.05, 3.63) is 82.8 Å². The van der Waals surface area contributed by atoms with Gasteiger partial charge in [0.15, 0.2) is 0 Å². The Bertz CT molecular complexity index is 1100. The molecular formula is C21H13N3S. The molecule has 0 saturated heterocycles. The molecule has 118 valence electrons. The van der Waals surface area contributed by atoms with Crippen LogP contribution in [0.4, 0.5) is 0 Å². The number of pyridine rings is 1. The lowest BCUT2D eigenvalue weighted by Gasteiger charge is -2.01. The summed E-state index contributed by atoms with van der Waals surface area (Å²) in [7, 11) is 0. The van der Waals surface area contributed by atoms with E-state index in [-0.39, 0.29) is 0 Å². The molecule has 0 N–H and O–H groups in total. The smallest absolute Gasteiger partial charge is 0.134 e. The predicted molar refractivity (Wildman–Crippen MR) is 103 cm³/mol. The third-order valence-electron chi connectivity index (χ3n) is 3.91. The van der Waals surface area contributed by atoms with Crippen molar-refractivity contribution < 1.29 is 0 Å². The van der Waals surface area contributed by atoms with Crippen LogP contribution in [-0.2, 0) is 0 Å². The third-order valence-corrected chi connectivity index (χ3v) is 4.78. The van der Waals surface area contributed by atoms with Crippen molar-refractivity contribution >= 4 is 33.9 Å². The van der Waals surface area contributed by atoms with E-state index >= 15 is 0 Å². The van der Waals surface area contributed by atoms with Gasteiger partial charge in [-0.15, -0.1) is 11.3 Å². The molecule has 3 nitrogen and oxygen atoms in total. The molecule has 0 atom stereocenters. The van der Waals surface area contributed by atoms with Gasteiger partial charge in [0.25, 0.3) is 0 Å². The first-order chi connectivity index (χ1) is 12.3. The number of aromatic nitrogens is 2. The first kappa shape index (κ1) is 15.3. The highest BCUT2D eigenvalue weighted by atomic mass is 32.1. The van der Waals surface area contributed by atoms with E-state index in [1.54, 1.807) is 6.20 Å². The van der Waals surface area contributed by atoms with Gasteiger partial charge < -0.3 is 0 Å². The van der Waals surface area contributed by atoms with E-state index in [0.717, 1.165) is 32.7 Å². The van der Waals surface area contributed by atoms with Gasteiger partial charge in [-0.2, -0.15) is 5.26 Å². The van der Waals surface area contributed by atoms with Crippen molar-refractivity contribution in [1.29, 1.82) is 5.26 Å². The summed E-state index contributed by atoms with van der Waals surface area (Å²) in [5.41, 5.74) is 4.39. The number of nitriles is 1. The molecule has 4 rings (SSSR count). The highest BCUT2D eigenvalue weighted by Crippen LogP contribution is 2.28. The lowest BCUT2D eigenvalue weighted by molar-refractivity contribution is 1.37. The van der Waals surface area contributed by atoms with Gasteiger partial charge in [0.2, 0.25) is 0 Å². The number of nitrogens with zero attached hydrogens (tertiary/aromatic N) is 3. The molecule has 4 aromatic rings. The maximum absolute atomic E-state index is 9.63. The molecule has 0 unspecified atom stereocenters. The van der Waals surface area contributed by atoms with E-state index < -0.39 is 0 Å². The molecule has 0 radical (unpaired) electrons. The Hall–Kier alpha value is -3.29. The van der Waals surface area contributed by atoms with Gasteiger partial charge in [0, 0.05) is 22.5 Å². The number of thiazole rings is 1. The largest absolute Gasteiger partial charge is 0.256 e. The van der Waals surface area contributed by atoms with Crippen LogP contribution in [0.2, 0.25) is 0 Å². The van der Waals surface area contributed by atoms with Crippen molar-refractivity contribution in [3.63, 3.8) is 0 Å². The van der Waals surface area contributed by atoms with Crippen molar-refractivity contribution in [1.82, 2.24) is 9.97 Å². The minimum Gasteiger partial charge on any atom is -0.256 e.